The van der Waals surface area contributed by atoms with Gasteiger partial charge in [-0.25, -0.2) is 8.78 Å². The van der Waals surface area contributed by atoms with Crippen molar-refractivity contribution in [2.75, 3.05) is 13.2 Å². The summed E-state index contributed by atoms with van der Waals surface area (Å²) in [6.07, 6.45) is 0.656. The fourth-order valence-electron chi connectivity index (χ4n) is 1.22. The van der Waals surface area contributed by atoms with E-state index in [0.29, 0.717) is 19.6 Å². The smallest absolute Gasteiger partial charge is 0.274 e. The van der Waals surface area contributed by atoms with E-state index in [1.54, 1.807) is 18.2 Å². The minimum atomic E-state index is -2.88. The van der Waals surface area contributed by atoms with Crippen molar-refractivity contribution in [3.63, 3.8) is 0 Å². The van der Waals surface area contributed by atoms with Crippen LogP contribution in [0.3, 0.4) is 0 Å². The van der Waals surface area contributed by atoms with Crippen molar-refractivity contribution in [3.8, 4) is 5.75 Å². The number of nitrogens with two attached hydrogens (primary N) is 1. The molecule has 0 saturated carbocycles. The van der Waals surface area contributed by atoms with Gasteiger partial charge in [0.1, 0.15) is 5.75 Å². The Morgan fingerprint density at radius 3 is 2.60 bits per heavy atom. The number of ether oxygens (including phenoxy) is 1. The second-order valence-electron chi connectivity index (χ2n) is 3.38. The monoisotopic (exact) mass is 215 g/mol. The largest absolute Gasteiger partial charge is 0.493 e. The summed E-state index contributed by atoms with van der Waals surface area (Å²) < 4.78 is 31.5. The maximum absolute atomic E-state index is 13.1. The van der Waals surface area contributed by atoms with Crippen molar-refractivity contribution < 1.29 is 13.5 Å². The zero-order valence-electron chi connectivity index (χ0n) is 8.67. The van der Waals surface area contributed by atoms with Gasteiger partial charge in [0, 0.05) is 6.92 Å². The van der Waals surface area contributed by atoms with Crippen LogP contribution in [0.15, 0.2) is 24.3 Å². The number of hydrogen-bond donors (Lipinski definition) is 1. The van der Waals surface area contributed by atoms with Crippen LogP contribution in [-0.4, -0.2) is 13.2 Å². The van der Waals surface area contributed by atoms with Crippen LogP contribution in [0.1, 0.15) is 18.9 Å². The van der Waals surface area contributed by atoms with E-state index in [1.807, 2.05) is 0 Å². The van der Waals surface area contributed by atoms with Gasteiger partial charge in [0.2, 0.25) is 0 Å². The summed E-state index contributed by atoms with van der Waals surface area (Å²) in [5, 5.41) is 0. The van der Waals surface area contributed by atoms with Gasteiger partial charge in [-0.3, -0.25) is 0 Å². The van der Waals surface area contributed by atoms with Crippen molar-refractivity contribution in [1.29, 1.82) is 0 Å². The summed E-state index contributed by atoms with van der Waals surface area (Å²) in [7, 11) is 0. The van der Waals surface area contributed by atoms with Crippen LogP contribution in [0.5, 0.6) is 5.75 Å². The molecule has 0 aliphatic heterocycles. The Morgan fingerprint density at radius 2 is 2.00 bits per heavy atom. The Balaban J connectivity index is 2.78. The van der Waals surface area contributed by atoms with E-state index in [4.69, 9.17) is 10.5 Å². The van der Waals surface area contributed by atoms with Crippen molar-refractivity contribution in [2.45, 2.75) is 19.3 Å². The molecule has 0 bridgehead atoms. The maximum atomic E-state index is 13.1. The van der Waals surface area contributed by atoms with E-state index >= 15 is 0 Å². The van der Waals surface area contributed by atoms with Crippen molar-refractivity contribution in [3.05, 3.63) is 29.8 Å². The molecule has 0 radical (unpaired) electrons. The van der Waals surface area contributed by atoms with Crippen LogP contribution in [0.25, 0.3) is 0 Å². The lowest BCUT2D eigenvalue weighted by atomic mass is 10.1. The van der Waals surface area contributed by atoms with Gasteiger partial charge in [-0.2, -0.15) is 0 Å². The molecule has 0 aromatic heterocycles. The van der Waals surface area contributed by atoms with Gasteiger partial charge in [-0.05, 0) is 25.1 Å². The van der Waals surface area contributed by atoms with Crippen LogP contribution in [0.2, 0.25) is 0 Å². The molecule has 0 saturated heterocycles. The molecule has 0 spiro atoms. The molecule has 84 valence electrons. The van der Waals surface area contributed by atoms with Gasteiger partial charge < -0.3 is 10.5 Å². The lowest BCUT2D eigenvalue weighted by Crippen LogP contribution is -2.12. The molecule has 1 aromatic rings. The third-order valence-electron chi connectivity index (χ3n) is 1.97. The number of para-hydroxylation sites is 1. The van der Waals surface area contributed by atoms with E-state index < -0.39 is 5.92 Å². The standard InChI is InChI=1S/C11H15F2NO/c1-11(12,13)9-5-2-3-6-10(9)15-8-4-7-14/h2-3,5-6H,4,7-8,14H2,1H3. The molecule has 0 amide bonds. The first kappa shape index (κ1) is 11.9. The van der Waals surface area contributed by atoms with Gasteiger partial charge >= 0.3 is 0 Å². The van der Waals surface area contributed by atoms with Crippen LogP contribution >= 0.6 is 0 Å². The Hall–Kier alpha value is -1.16. The second-order valence-corrected chi connectivity index (χ2v) is 3.38. The Morgan fingerprint density at radius 1 is 1.33 bits per heavy atom. The fraction of sp³-hybridized carbons (Fsp3) is 0.455. The summed E-state index contributed by atoms with van der Waals surface area (Å²) in [5.74, 6) is -2.64. The number of hydrogen-bond acceptors (Lipinski definition) is 2. The Kier molecular flexibility index (Phi) is 4.03. The number of benzene rings is 1. The van der Waals surface area contributed by atoms with Crippen LogP contribution in [-0.2, 0) is 5.92 Å². The van der Waals surface area contributed by atoms with Gasteiger partial charge in [0.25, 0.3) is 5.92 Å². The molecule has 2 N–H and O–H groups in total. The molecule has 4 heteroatoms. The first-order chi connectivity index (χ1) is 7.05. The molecule has 0 unspecified atom stereocenters. The van der Waals surface area contributed by atoms with E-state index in [1.165, 1.54) is 6.07 Å². The second kappa shape index (κ2) is 5.07. The zero-order valence-corrected chi connectivity index (χ0v) is 8.67. The van der Waals surface area contributed by atoms with Crippen LogP contribution in [0, 0.1) is 0 Å². The quantitative estimate of drug-likeness (QED) is 0.766. The molecule has 2 nitrogen and oxygen atoms in total. The molecule has 0 aliphatic rings. The normalized spacial score (nSPS) is 11.5. The molecule has 0 heterocycles. The highest BCUT2D eigenvalue weighted by Crippen LogP contribution is 2.34. The summed E-state index contributed by atoms with van der Waals surface area (Å²) in [5.41, 5.74) is 5.21. The highest BCUT2D eigenvalue weighted by Gasteiger charge is 2.27. The molecule has 1 rings (SSSR count). The van der Waals surface area contributed by atoms with Crippen LogP contribution in [0.4, 0.5) is 8.78 Å². The van der Waals surface area contributed by atoms with Crippen molar-refractivity contribution in [1.82, 2.24) is 0 Å². The summed E-state index contributed by atoms with van der Waals surface area (Å²) >= 11 is 0. The third-order valence-corrected chi connectivity index (χ3v) is 1.97. The summed E-state index contributed by atoms with van der Waals surface area (Å²) in [6.45, 7) is 1.71. The highest BCUT2D eigenvalue weighted by atomic mass is 19.3. The Bertz CT molecular complexity index is 310. The van der Waals surface area contributed by atoms with Crippen molar-refractivity contribution in [2.24, 2.45) is 5.73 Å². The maximum Gasteiger partial charge on any atom is 0.274 e. The average molecular weight is 215 g/mol. The van der Waals surface area contributed by atoms with Gasteiger partial charge in [0.05, 0.1) is 12.2 Å². The SMILES string of the molecule is CC(F)(F)c1ccccc1OCCCN. The average Bonchev–Trinajstić information content (AvgIpc) is 2.17. The van der Waals surface area contributed by atoms with Crippen molar-refractivity contribution >= 4 is 0 Å². The lowest BCUT2D eigenvalue weighted by molar-refractivity contribution is 0.0145. The van der Waals surface area contributed by atoms with Gasteiger partial charge in [0.15, 0.2) is 0 Å². The zero-order chi connectivity index (χ0) is 11.3. The predicted octanol–water partition coefficient (Wildman–Crippen LogP) is 2.53. The minimum Gasteiger partial charge on any atom is -0.493 e. The summed E-state index contributed by atoms with van der Waals surface area (Å²) in [6, 6.07) is 6.16. The highest BCUT2D eigenvalue weighted by molar-refractivity contribution is 5.36. The molecule has 1 aromatic carbocycles. The summed E-state index contributed by atoms with van der Waals surface area (Å²) in [4.78, 5) is 0. The first-order valence-corrected chi connectivity index (χ1v) is 4.86. The van der Waals surface area contributed by atoms with Gasteiger partial charge in [-0.15, -0.1) is 0 Å². The molecular weight excluding hydrogens is 200 g/mol. The van der Waals surface area contributed by atoms with E-state index in [-0.39, 0.29) is 11.3 Å². The minimum absolute atomic E-state index is 0.0815. The molecule has 15 heavy (non-hydrogen) atoms. The first-order valence-electron chi connectivity index (χ1n) is 4.86. The lowest BCUT2D eigenvalue weighted by Gasteiger charge is -2.15. The number of rotatable bonds is 5. The topological polar surface area (TPSA) is 35.2 Å². The number of halogens is 2. The van der Waals surface area contributed by atoms with E-state index in [2.05, 4.69) is 0 Å². The van der Waals surface area contributed by atoms with Crippen LogP contribution < -0.4 is 10.5 Å². The molecule has 0 fully saturated rings. The Labute approximate surface area is 88.0 Å². The van der Waals surface area contributed by atoms with E-state index in [9.17, 15) is 8.78 Å². The predicted molar refractivity (Wildman–Crippen MR) is 55.2 cm³/mol. The molecular formula is C11H15F2NO. The number of alkyl halides is 2. The van der Waals surface area contributed by atoms with Gasteiger partial charge in [-0.1, -0.05) is 12.1 Å². The molecule has 0 aliphatic carbocycles. The molecule has 0 atom stereocenters. The van der Waals surface area contributed by atoms with E-state index in [0.717, 1.165) is 6.92 Å². The fourth-order valence-corrected chi connectivity index (χ4v) is 1.22. The third kappa shape index (κ3) is 3.47.